The Morgan fingerprint density at radius 1 is 1.39 bits per heavy atom. The van der Waals surface area contributed by atoms with E-state index in [2.05, 4.69) is 10.1 Å². The van der Waals surface area contributed by atoms with Crippen molar-refractivity contribution in [2.75, 3.05) is 20.7 Å². The van der Waals surface area contributed by atoms with Crippen molar-refractivity contribution >= 4 is 12.0 Å². The predicted molar refractivity (Wildman–Crippen MR) is 68.1 cm³/mol. The Morgan fingerprint density at radius 3 is 2.72 bits per heavy atom. The lowest BCUT2D eigenvalue weighted by Crippen LogP contribution is -2.38. The highest BCUT2D eigenvalue weighted by Crippen LogP contribution is 2.03. The molecule has 1 rings (SSSR count). The smallest absolute Gasteiger partial charge is 0.409 e. The molecule has 0 radical (unpaired) electrons. The fourth-order valence-electron chi connectivity index (χ4n) is 1.51. The number of aryl methyl sites for hydroxylation is 1. The van der Waals surface area contributed by atoms with Crippen LogP contribution < -0.4 is 5.32 Å². The normalized spacial score (nSPS) is 9.72. The van der Waals surface area contributed by atoms with Crippen molar-refractivity contribution in [3.8, 4) is 0 Å². The Kier molecular flexibility index (Phi) is 5.17. The maximum absolute atomic E-state index is 11.6. The number of nitrogens with zero attached hydrogens (tertiary/aromatic N) is 1. The lowest BCUT2D eigenvalue weighted by atomic mass is 10.1. The minimum Gasteiger partial charge on any atom is -0.453 e. The summed E-state index contributed by atoms with van der Waals surface area (Å²) in [6.45, 7) is 2.43. The maximum Gasteiger partial charge on any atom is 0.409 e. The highest BCUT2D eigenvalue weighted by atomic mass is 16.5. The zero-order valence-corrected chi connectivity index (χ0v) is 10.9. The van der Waals surface area contributed by atoms with Crippen molar-refractivity contribution in [1.82, 2.24) is 10.2 Å². The molecule has 0 aliphatic rings. The molecule has 1 aromatic rings. The summed E-state index contributed by atoms with van der Waals surface area (Å²) >= 11 is 0. The van der Waals surface area contributed by atoms with Crippen LogP contribution >= 0.6 is 0 Å². The van der Waals surface area contributed by atoms with Gasteiger partial charge in [-0.25, -0.2) is 4.79 Å². The quantitative estimate of drug-likeness (QED) is 0.876. The Labute approximate surface area is 107 Å². The van der Waals surface area contributed by atoms with Crippen LogP contribution in [0.3, 0.4) is 0 Å². The number of hydrogen-bond donors (Lipinski definition) is 1. The van der Waals surface area contributed by atoms with Gasteiger partial charge >= 0.3 is 6.09 Å². The topological polar surface area (TPSA) is 58.6 Å². The molecule has 0 aromatic heterocycles. The molecule has 0 fully saturated rings. The first-order valence-corrected chi connectivity index (χ1v) is 5.64. The molecule has 0 saturated carbocycles. The van der Waals surface area contributed by atoms with Crippen LogP contribution in [-0.4, -0.2) is 37.6 Å². The second-order valence-electron chi connectivity index (χ2n) is 4.09. The average Bonchev–Trinajstić information content (AvgIpc) is 2.35. The van der Waals surface area contributed by atoms with Crippen molar-refractivity contribution in [2.24, 2.45) is 0 Å². The molecule has 0 aliphatic carbocycles. The number of benzene rings is 1. The van der Waals surface area contributed by atoms with Crippen LogP contribution in [0.5, 0.6) is 0 Å². The van der Waals surface area contributed by atoms with Gasteiger partial charge in [0.1, 0.15) is 6.54 Å². The molecule has 0 unspecified atom stereocenters. The largest absolute Gasteiger partial charge is 0.453 e. The first kappa shape index (κ1) is 14.0. The van der Waals surface area contributed by atoms with Gasteiger partial charge in [0.15, 0.2) is 0 Å². The number of hydrogen-bond acceptors (Lipinski definition) is 3. The van der Waals surface area contributed by atoms with Crippen LogP contribution in [0.2, 0.25) is 0 Å². The van der Waals surface area contributed by atoms with E-state index in [1.165, 1.54) is 19.1 Å². The molecule has 0 saturated heterocycles. The zero-order chi connectivity index (χ0) is 13.5. The maximum atomic E-state index is 11.6. The van der Waals surface area contributed by atoms with Gasteiger partial charge in [0, 0.05) is 13.6 Å². The Morgan fingerprint density at radius 2 is 2.11 bits per heavy atom. The van der Waals surface area contributed by atoms with E-state index in [9.17, 15) is 9.59 Å². The molecule has 1 aromatic carbocycles. The second kappa shape index (κ2) is 6.64. The van der Waals surface area contributed by atoms with Crippen molar-refractivity contribution in [3.63, 3.8) is 0 Å². The third-order valence-electron chi connectivity index (χ3n) is 2.44. The van der Waals surface area contributed by atoms with Crippen molar-refractivity contribution in [2.45, 2.75) is 13.5 Å². The molecule has 0 bridgehead atoms. The van der Waals surface area contributed by atoms with E-state index in [1.807, 2.05) is 31.2 Å². The van der Waals surface area contributed by atoms with Gasteiger partial charge in [0.05, 0.1) is 7.11 Å². The third-order valence-corrected chi connectivity index (χ3v) is 2.44. The number of carbonyl (C=O) groups is 2. The number of rotatable bonds is 4. The summed E-state index contributed by atoms with van der Waals surface area (Å²) in [6.07, 6.45) is -0.527. The van der Waals surface area contributed by atoms with E-state index in [1.54, 1.807) is 0 Å². The summed E-state index contributed by atoms with van der Waals surface area (Å²) in [6, 6.07) is 7.88. The molecule has 1 N–H and O–H groups in total. The molecule has 2 amide bonds. The van der Waals surface area contributed by atoms with Crippen LogP contribution in [0.15, 0.2) is 24.3 Å². The number of carbonyl (C=O) groups excluding carboxylic acids is 2. The highest BCUT2D eigenvalue weighted by Gasteiger charge is 2.12. The van der Waals surface area contributed by atoms with E-state index >= 15 is 0 Å². The average molecular weight is 250 g/mol. The van der Waals surface area contributed by atoms with Crippen LogP contribution in [0.1, 0.15) is 11.1 Å². The van der Waals surface area contributed by atoms with E-state index in [-0.39, 0.29) is 12.5 Å². The van der Waals surface area contributed by atoms with Gasteiger partial charge in [0.25, 0.3) is 0 Å². The van der Waals surface area contributed by atoms with E-state index in [4.69, 9.17) is 0 Å². The van der Waals surface area contributed by atoms with E-state index in [0.717, 1.165) is 11.1 Å². The lowest BCUT2D eigenvalue weighted by molar-refractivity contribution is -0.121. The molecule has 0 atom stereocenters. The number of nitrogens with one attached hydrogen (secondary N) is 1. The molecule has 18 heavy (non-hydrogen) atoms. The van der Waals surface area contributed by atoms with Gasteiger partial charge in [-0.05, 0) is 12.5 Å². The van der Waals surface area contributed by atoms with Gasteiger partial charge in [0.2, 0.25) is 5.91 Å². The van der Waals surface area contributed by atoms with Crippen LogP contribution in [0.4, 0.5) is 4.79 Å². The molecule has 0 heterocycles. The standard InChI is InChI=1S/C13H18N2O3/c1-10-5-4-6-11(7-10)8-14-12(16)9-15(2)13(17)18-3/h4-7H,8-9H2,1-3H3,(H,14,16). The molecule has 5 heteroatoms. The fraction of sp³-hybridized carbons (Fsp3) is 0.385. The summed E-state index contributed by atoms with van der Waals surface area (Å²) in [4.78, 5) is 23.9. The Bertz CT molecular complexity index is 432. The van der Waals surface area contributed by atoms with Crippen LogP contribution in [0.25, 0.3) is 0 Å². The number of methoxy groups -OCH3 is 1. The van der Waals surface area contributed by atoms with Gasteiger partial charge in [-0.3, -0.25) is 4.79 Å². The van der Waals surface area contributed by atoms with E-state index < -0.39 is 6.09 Å². The SMILES string of the molecule is COC(=O)N(C)CC(=O)NCc1cccc(C)c1. The van der Waals surface area contributed by atoms with Crippen LogP contribution in [0, 0.1) is 6.92 Å². The monoisotopic (exact) mass is 250 g/mol. The minimum absolute atomic E-state index is 0.0154. The predicted octanol–water partition coefficient (Wildman–Crippen LogP) is 1.31. The fourth-order valence-corrected chi connectivity index (χ4v) is 1.51. The van der Waals surface area contributed by atoms with Crippen molar-refractivity contribution < 1.29 is 14.3 Å². The molecular formula is C13H18N2O3. The van der Waals surface area contributed by atoms with Gasteiger partial charge in [-0.2, -0.15) is 0 Å². The molecule has 0 spiro atoms. The molecule has 0 aliphatic heterocycles. The highest BCUT2D eigenvalue weighted by molar-refractivity contribution is 5.81. The summed E-state index contributed by atoms with van der Waals surface area (Å²) in [7, 11) is 2.79. The first-order valence-electron chi connectivity index (χ1n) is 5.64. The van der Waals surface area contributed by atoms with Crippen LogP contribution in [-0.2, 0) is 16.1 Å². The molecule has 5 nitrogen and oxygen atoms in total. The van der Waals surface area contributed by atoms with Gasteiger partial charge in [-0.1, -0.05) is 29.8 Å². The van der Waals surface area contributed by atoms with Gasteiger partial charge in [-0.15, -0.1) is 0 Å². The van der Waals surface area contributed by atoms with Crippen molar-refractivity contribution in [3.05, 3.63) is 35.4 Å². The Balaban J connectivity index is 2.40. The molecule has 98 valence electrons. The Hall–Kier alpha value is -2.04. The summed E-state index contributed by atoms with van der Waals surface area (Å²) < 4.78 is 4.50. The number of likely N-dealkylation sites (N-methyl/N-ethyl adjacent to an activating group) is 1. The third kappa shape index (κ3) is 4.45. The number of amides is 2. The van der Waals surface area contributed by atoms with Crippen molar-refractivity contribution in [1.29, 1.82) is 0 Å². The van der Waals surface area contributed by atoms with Gasteiger partial charge < -0.3 is 15.0 Å². The lowest BCUT2D eigenvalue weighted by Gasteiger charge is -2.15. The second-order valence-corrected chi connectivity index (χ2v) is 4.09. The summed E-state index contributed by atoms with van der Waals surface area (Å²) in [5.41, 5.74) is 2.18. The summed E-state index contributed by atoms with van der Waals surface area (Å²) in [5, 5.41) is 2.75. The molecular weight excluding hydrogens is 232 g/mol. The number of ether oxygens (including phenoxy) is 1. The zero-order valence-electron chi connectivity index (χ0n) is 10.9. The summed E-state index contributed by atoms with van der Waals surface area (Å²) in [5.74, 6) is -0.218. The first-order chi connectivity index (χ1) is 8.52. The van der Waals surface area contributed by atoms with E-state index in [0.29, 0.717) is 6.54 Å². The minimum atomic E-state index is -0.527.